The number of amides is 3. The minimum absolute atomic E-state index is 0.000521. The number of ether oxygens (including phenoxy) is 1. The normalized spacial score (nSPS) is 14.9. The van der Waals surface area contributed by atoms with E-state index in [1.54, 1.807) is 37.5 Å². The molecule has 0 bridgehead atoms. The van der Waals surface area contributed by atoms with Gasteiger partial charge in [0, 0.05) is 25.5 Å². The van der Waals surface area contributed by atoms with Gasteiger partial charge in [0.1, 0.15) is 11.3 Å². The van der Waals surface area contributed by atoms with E-state index in [4.69, 9.17) is 9.26 Å². The Balaban J connectivity index is 1.46. The van der Waals surface area contributed by atoms with Gasteiger partial charge in [-0.3, -0.25) is 24.3 Å². The summed E-state index contributed by atoms with van der Waals surface area (Å²) in [5, 5.41) is 5.87. The predicted molar refractivity (Wildman–Crippen MR) is 111 cm³/mol. The summed E-state index contributed by atoms with van der Waals surface area (Å²) in [7, 11) is 0. The van der Waals surface area contributed by atoms with Gasteiger partial charge in [0.05, 0.1) is 10.6 Å². The lowest BCUT2D eigenvalue weighted by atomic mass is 10.1. The molecule has 2 aromatic heterocycles. The Morgan fingerprint density at radius 2 is 2.16 bits per heavy atom. The average Bonchev–Trinajstić information content (AvgIpc) is 3.26. The van der Waals surface area contributed by atoms with Gasteiger partial charge in [0.25, 0.3) is 17.1 Å². The lowest BCUT2D eigenvalue weighted by Crippen LogP contribution is -2.38. The minimum atomic E-state index is -0.697. The van der Waals surface area contributed by atoms with Crippen molar-refractivity contribution < 1.29 is 28.4 Å². The molecular weight excluding hydrogens is 424 g/mol. The van der Waals surface area contributed by atoms with Crippen LogP contribution in [-0.4, -0.2) is 57.8 Å². The molecule has 3 heterocycles. The van der Waals surface area contributed by atoms with Crippen LogP contribution in [0.15, 0.2) is 34.0 Å². The van der Waals surface area contributed by atoms with Gasteiger partial charge < -0.3 is 14.6 Å². The van der Waals surface area contributed by atoms with E-state index in [-0.39, 0.29) is 23.6 Å². The summed E-state index contributed by atoms with van der Waals surface area (Å²) in [5.41, 5.74) is 1.38. The zero-order valence-corrected chi connectivity index (χ0v) is 17.7. The summed E-state index contributed by atoms with van der Waals surface area (Å²) in [6.45, 7) is 2.93. The highest BCUT2D eigenvalue weighted by atomic mass is 32.2. The molecule has 162 valence electrons. The van der Waals surface area contributed by atoms with Crippen molar-refractivity contribution in [2.75, 3.05) is 19.7 Å². The molecule has 31 heavy (non-hydrogen) atoms. The monoisotopic (exact) mass is 444 g/mol. The van der Waals surface area contributed by atoms with Gasteiger partial charge >= 0.3 is 5.97 Å². The number of imide groups is 1. The largest absolute Gasteiger partial charge is 0.452 e. The van der Waals surface area contributed by atoms with Gasteiger partial charge in [0.15, 0.2) is 6.61 Å². The quantitative estimate of drug-likeness (QED) is 0.479. The number of nitrogens with zero attached hydrogens (tertiary/aromatic N) is 3. The maximum atomic E-state index is 12.4. The van der Waals surface area contributed by atoms with Crippen molar-refractivity contribution in [3.8, 4) is 0 Å². The summed E-state index contributed by atoms with van der Waals surface area (Å²) in [6.07, 6.45) is 5.27. The lowest BCUT2D eigenvalue weighted by molar-refractivity contribution is -0.125. The van der Waals surface area contributed by atoms with E-state index in [0.717, 1.165) is 16.7 Å². The molecule has 3 amide bonds. The molecule has 1 N–H and O–H groups in total. The maximum absolute atomic E-state index is 12.4. The highest BCUT2D eigenvalue weighted by Crippen LogP contribution is 2.31. The molecule has 0 spiro atoms. The first-order valence-electron chi connectivity index (χ1n) is 9.45. The summed E-state index contributed by atoms with van der Waals surface area (Å²) in [5.74, 6) is -1.37. The molecule has 1 saturated heterocycles. The van der Waals surface area contributed by atoms with Crippen LogP contribution in [0.4, 0.5) is 4.79 Å². The van der Waals surface area contributed by atoms with E-state index in [9.17, 15) is 19.2 Å². The number of aromatic nitrogens is 2. The topological polar surface area (TPSA) is 132 Å². The first kappa shape index (κ1) is 22.2. The van der Waals surface area contributed by atoms with Crippen LogP contribution in [0.25, 0.3) is 6.08 Å². The molecule has 1 aliphatic rings. The Morgan fingerprint density at radius 1 is 1.35 bits per heavy atom. The summed E-state index contributed by atoms with van der Waals surface area (Å²) in [6, 6.07) is 3.50. The van der Waals surface area contributed by atoms with Crippen LogP contribution in [0, 0.1) is 6.92 Å². The van der Waals surface area contributed by atoms with Gasteiger partial charge in [-0.2, -0.15) is 0 Å². The summed E-state index contributed by atoms with van der Waals surface area (Å²) in [4.78, 5) is 54.0. The van der Waals surface area contributed by atoms with E-state index in [1.807, 2.05) is 6.92 Å². The summed E-state index contributed by atoms with van der Waals surface area (Å²) >= 11 is 0.827. The van der Waals surface area contributed by atoms with E-state index in [0.29, 0.717) is 23.4 Å². The van der Waals surface area contributed by atoms with Gasteiger partial charge in [-0.15, -0.1) is 0 Å². The van der Waals surface area contributed by atoms with Gasteiger partial charge in [-0.1, -0.05) is 18.1 Å². The Labute approximate surface area is 182 Å². The smallest absolute Gasteiger partial charge is 0.344 e. The molecule has 0 atom stereocenters. The third-order valence-electron chi connectivity index (χ3n) is 4.32. The fraction of sp³-hybridized carbons (Fsp3) is 0.300. The van der Waals surface area contributed by atoms with E-state index >= 15 is 0 Å². The third-order valence-corrected chi connectivity index (χ3v) is 5.23. The molecule has 2 aromatic rings. The lowest BCUT2D eigenvalue weighted by Gasteiger charge is -2.13. The molecule has 11 heteroatoms. The number of rotatable bonds is 8. The van der Waals surface area contributed by atoms with Gasteiger partial charge in [-0.05, 0) is 42.8 Å². The number of carbonyl (C=O) groups excluding carboxylic acids is 4. The zero-order valence-electron chi connectivity index (χ0n) is 16.9. The van der Waals surface area contributed by atoms with Crippen molar-refractivity contribution in [1.82, 2.24) is 20.4 Å². The molecule has 3 rings (SSSR count). The molecule has 0 radical (unpaired) electrons. The number of esters is 1. The van der Waals surface area contributed by atoms with Crippen molar-refractivity contribution in [3.63, 3.8) is 0 Å². The minimum Gasteiger partial charge on any atom is -0.452 e. The third kappa shape index (κ3) is 5.37. The Hall–Kier alpha value is -3.47. The van der Waals surface area contributed by atoms with Crippen molar-refractivity contribution in [2.24, 2.45) is 0 Å². The van der Waals surface area contributed by atoms with Crippen LogP contribution in [0.3, 0.4) is 0 Å². The molecule has 10 nitrogen and oxygen atoms in total. The summed E-state index contributed by atoms with van der Waals surface area (Å²) < 4.78 is 9.97. The fourth-order valence-electron chi connectivity index (χ4n) is 2.79. The number of hydrogen-bond acceptors (Lipinski definition) is 9. The molecule has 0 unspecified atom stereocenters. The Bertz CT molecular complexity index is 1030. The van der Waals surface area contributed by atoms with Crippen molar-refractivity contribution in [3.05, 3.63) is 52.0 Å². The van der Waals surface area contributed by atoms with Crippen LogP contribution in [-0.2, 0) is 20.7 Å². The number of pyridine rings is 1. The van der Waals surface area contributed by atoms with E-state index < -0.39 is 29.6 Å². The number of aryl methyl sites for hydroxylation is 2. The number of carbonyl (C=O) groups is 4. The van der Waals surface area contributed by atoms with Crippen LogP contribution in [0.5, 0.6) is 0 Å². The molecular formula is C20H20N4O6S. The predicted octanol–water partition coefficient (Wildman–Crippen LogP) is 1.95. The Kier molecular flexibility index (Phi) is 7.19. The molecule has 0 saturated carbocycles. The second kappa shape index (κ2) is 10.0. The number of thioether (sulfide) groups is 1. The standard InChI is InChI=1S/C20H20N4O6S/c1-3-14-17(12(2)30-23-14)19(27)29-11-16(25)22-7-8-24-18(26)15(31-20(24)28)9-13-5-4-6-21-10-13/h4-6,9-10H,3,7-8,11H2,1-2H3,(H,22,25)/b15-9-. The maximum Gasteiger partial charge on any atom is 0.344 e. The average molecular weight is 444 g/mol. The number of hydrogen-bond donors (Lipinski definition) is 1. The van der Waals surface area contributed by atoms with E-state index in [2.05, 4.69) is 15.5 Å². The van der Waals surface area contributed by atoms with Gasteiger partial charge in [-0.25, -0.2) is 4.79 Å². The van der Waals surface area contributed by atoms with Crippen molar-refractivity contribution >= 4 is 40.9 Å². The fourth-order valence-corrected chi connectivity index (χ4v) is 3.65. The van der Waals surface area contributed by atoms with Gasteiger partial charge in [0.2, 0.25) is 0 Å². The Morgan fingerprint density at radius 3 is 2.87 bits per heavy atom. The van der Waals surface area contributed by atoms with Crippen LogP contribution >= 0.6 is 11.8 Å². The van der Waals surface area contributed by atoms with Crippen LogP contribution in [0.1, 0.15) is 34.3 Å². The van der Waals surface area contributed by atoms with E-state index in [1.165, 1.54) is 0 Å². The second-order valence-electron chi connectivity index (χ2n) is 6.46. The zero-order chi connectivity index (χ0) is 22.4. The highest BCUT2D eigenvalue weighted by Gasteiger charge is 2.34. The molecule has 1 fully saturated rings. The highest BCUT2D eigenvalue weighted by molar-refractivity contribution is 8.18. The van der Waals surface area contributed by atoms with Crippen LogP contribution < -0.4 is 5.32 Å². The molecule has 0 aromatic carbocycles. The van der Waals surface area contributed by atoms with Crippen molar-refractivity contribution in [1.29, 1.82) is 0 Å². The molecule has 0 aliphatic carbocycles. The molecule has 1 aliphatic heterocycles. The SMILES string of the molecule is CCc1noc(C)c1C(=O)OCC(=O)NCCN1C(=O)S/C(=C\c2cccnc2)C1=O. The van der Waals surface area contributed by atoms with Crippen LogP contribution in [0.2, 0.25) is 0 Å². The second-order valence-corrected chi connectivity index (χ2v) is 7.45. The first-order chi connectivity index (χ1) is 14.9. The number of nitrogens with one attached hydrogen (secondary N) is 1. The first-order valence-corrected chi connectivity index (χ1v) is 10.3. The van der Waals surface area contributed by atoms with Crippen molar-refractivity contribution in [2.45, 2.75) is 20.3 Å².